The second-order valence-corrected chi connectivity index (χ2v) is 4.08. The topological polar surface area (TPSA) is 92.2 Å². The number of rotatable bonds is 3. The van der Waals surface area contributed by atoms with E-state index in [9.17, 15) is 9.59 Å². The molecule has 2 heterocycles. The van der Waals surface area contributed by atoms with E-state index in [0.717, 1.165) is 11.3 Å². The first-order chi connectivity index (χ1) is 8.16. The number of carboxylic acid groups (broad SMARTS) is 1. The van der Waals surface area contributed by atoms with Crippen molar-refractivity contribution in [2.75, 3.05) is 5.32 Å². The van der Waals surface area contributed by atoms with Crippen LogP contribution in [0.2, 0.25) is 0 Å². The summed E-state index contributed by atoms with van der Waals surface area (Å²) in [7, 11) is 0. The Bertz CT molecular complexity index is 553. The van der Waals surface area contributed by atoms with Gasteiger partial charge < -0.3 is 5.11 Å². The molecule has 7 heteroatoms. The molecule has 0 unspecified atom stereocenters. The van der Waals surface area contributed by atoms with Gasteiger partial charge in [0.1, 0.15) is 4.88 Å². The first-order valence-corrected chi connectivity index (χ1v) is 5.40. The number of aromatic nitrogens is 2. The molecule has 86 valence electrons. The summed E-state index contributed by atoms with van der Waals surface area (Å²) in [5.74, 6) is -1.29. The molecule has 0 bridgehead atoms. The Morgan fingerprint density at radius 3 is 2.41 bits per heavy atom. The summed E-state index contributed by atoms with van der Waals surface area (Å²) in [5, 5.41) is 11.2. The van der Waals surface area contributed by atoms with Crippen LogP contribution in [0.5, 0.6) is 0 Å². The SMILES string of the molecule is O=C(O)c1ccc(C(=O)Nc2ncccn2)s1. The van der Waals surface area contributed by atoms with E-state index in [2.05, 4.69) is 15.3 Å². The number of carbonyl (C=O) groups is 2. The molecule has 0 saturated carbocycles. The zero-order valence-corrected chi connectivity index (χ0v) is 9.27. The Balaban J connectivity index is 2.12. The number of hydrogen-bond acceptors (Lipinski definition) is 5. The maximum Gasteiger partial charge on any atom is 0.345 e. The van der Waals surface area contributed by atoms with Crippen molar-refractivity contribution in [1.82, 2.24) is 9.97 Å². The molecule has 0 radical (unpaired) electrons. The number of thiophene rings is 1. The quantitative estimate of drug-likeness (QED) is 0.859. The minimum Gasteiger partial charge on any atom is -0.477 e. The Hall–Kier alpha value is -2.28. The number of aromatic carboxylic acids is 1. The van der Waals surface area contributed by atoms with Gasteiger partial charge in [0.25, 0.3) is 5.91 Å². The van der Waals surface area contributed by atoms with E-state index in [1.807, 2.05) is 0 Å². The number of amides is 1. The van der Waals surface area contributed by atoms with Crippen LogP contribution in [0.3, 0.4) is 0 Å². The van der Waals surface area contributed by atoms with Crippen LogP contribution in [-0.2, 0) is 0 Å². The van der Waals surface area contributed by atoms with Crippen LogP contribution in [0, 0.1) is 0 Å². The third kappa shape index (κ3) is 2.64. The predicted octanol–water partition coefficient (Wildman–Crippen LogP) is 1.49. The van der Waals surface area contributed by atoms with Crippen molar-refractivity contribution in [3.05, 3.63) is 40.3 Å². The molecule has 0 saturated heterocycles. The van der Waals surface area contributed by atoms with Gasteiger partial charge >= 0.3 is 5.97 Å². The highest BCUT2D eigenvalue weighted by molar-refractivity contribution is 7.15. The highest BCUT2D eigenvalue weighted by Crippen LogP contribution is 2.17. The molecule has 0 atom stereocenters. The largest absolute Gasteiger partial charge is 0.477 e. The lowest BCUT2D eigenvalue weighted by molar-refractivity contribution is 0.0702. The summed E-state index contributed by atoms with van der Waals surface area (Å²) in [4.78, 5) is 30.4. The first-order valence-electron chi connectivity index (χ1n) is 4.58. The van der Waals surface area contributed by atoms with Gasteiger partial charge in [-0.3, -0.25) is 10.1 Å². The molecular formula is C10H7N3O3S. The molecule has 1 amide bonds. The van der Waals surface area contributed by atoms with Crippen molar-refractivity contribution < 1.29 is 14.7 Å². The van der Waals surface area contributed by atoms with E-state index in [-0.39, 0.29) is 10.8 Å². The van der Waals surface area contributed by atoms with Crippen LogP contribution in [0.25, 0.3) is 0 Å². The molecular weight excluding hydrogens is 242 g/mol. The maximum absolute atomic E-state index is 11.7. The van der Waals surface area contributed by atoms with Crippen molar-refractivity contribution in [1.29, 1.82) is 0 Å². The summed E-state index contributed by atoms with van der Waals surface area (Å²) in [6.45, 7) is 0. The van der Waals surface area contributed by atoms with E-state index < -0.39 is 11.9 Å². The van der Waals surface area contributed by atoms with Gasteiger partial charge in [0, 0.05) is 12.4 Å². The number of nitrogens with zero attached hydrogens (tertiary/aromatic N) is 2. The minimum absolute atomic E-state index is 0.115. The number of carboxylic acids is 1. The third-order valence-corrected chi connectivity index (χ3v) is 2.90. The lowest BCUT2D eigenvalue weighted by Crippen LogP contribution is -2.12. The molecule has 0 aliphatic heterocycles. The lowest BCUT2D eigenvalue weighted by Gasteiger charge is -1.99. The molecule has 0 fully saturated rings. The summed E-state index contributed by atoms with van der Waals surface area (Å²) in [5.41, 5.74) is 0. The fraction of sp³-hybridized carbons (Fsp3) is 0. The summed E-state index contributed by atoms with van der Waals surface area (Å²) in [6.07, 6.45) is 3.00. The van der Waals surface area contributed by atoms with Gasteiger partial charge in [0.2, 0.25) is 5.95 Å². The lowest BCUT2D eigenvalue weighted by atomic mass is 10.4. The smallest absolute Gasteiger partial charge is 0.345 e. The molecule has 0 aromatic carbocycles. The number of nitrogens with one attached hydrogen (secondary N) is 1. The van der Waals surface area contributed by atoms with Gasteiger partial charge in [0.15, 0.2) is 0 Å². The number of carbonyl (C=O) groups excluding carboxylic acids is 1. The third-order valence-electron chi connectivity index (χ3n) is 1.83. The van der Waals surface area contributed by atoms with Gasteiger partial charge in [-0.15, -0.1) is 11.3 Å². The summed E-state index contributed by atoms with van der Waals surface area (Å²) >= 11 is 0.901. The van der Waals surface area contributed by atoms with Crippen molar-refractivity contribution in [3.63, 3.8) is 0 Å². The van der Waals surface area contributed by atoms with E-state index in [1.54, 1.807) is 6.07 Å². The van der Waals surface area contributed by atoms with Crippen molar-refractivity contribution in [2.45, 2.75) is 0 Å². The van der Waals surface area contributed by atoms with Gasteiger partial charge in [-0.05, 0) is 18.2 Å². The van der Waals surface area contributed by atoms with Crippen molar-refractivity contribution >= 4 is 29.2 Å². The molecule has 17 heavy (non-hydrogen) atoms. The molecule has 0 aliphatic carbocycles. The second kappa shape index (κ2) is 4.71. The second-order valence-electron chi connectivity index (χ2n) is 3.00. The van der Waals surface area contributed by atoms with E-state index in [0.29, 0.717) is 4.88 Å². The monoisotopic (exact) mass is 249 g/mol. The van der Waals surface area contributed by atoms with Gasteiger partial charge in [-0.25, -0.2) is 14.8 Å². The number of anilines is 1. The maximum atomic E-state index is 11.7. The Morgan fingerprint density at radius 2 is 1.82 bits per heavy atom. The molecule has 2 aromatic rings. The average molecular weight is 249 g/mol. The molecule has 0 spiro atoms. The van der Waals surface area contributed by atoms with Gasteiger partial charge in [-0.2, -0.15) is 0 Å². The van der Waals surface area contributed by atoms with Gasteiger partial charge in [-0.1, -0.05) is 0 Å². The number of hydrogen-bond donors (Lipinski definition) is 2. The molecule has 0 aliphatic rings. The van der Waals surface area contributed by atoms with Crippen LogP contribution in [0.15, 0.2) is 30.6 Å². The fourth-order valence-electron chi connectivity index (χ4n) is 1.10. The zero-order valence-electron chi connectivity index (χ0n) is 8.45. The van der Waals surface area contributed by atoms with E-state index in [1.165, 1.54) is 24.5 Å². The average Bonchev–Trinajstić information content (AvgIpc) is 2.79. The van der Waals surface area contributed by atoms with Crippen LogP contribution >= 0.6 is 11.3 Å². The predicted molar refractivity (Wildman–Crippen MR) is 61.3 cm³/mol. The normalized spacial score (nSPS) is 9.88. The molecule has 2 aromatic heterocycles. The molecule has 2 rings (SSSR count). The Morgan fingerprint density at radius 1 is 1.18 bits per heavy atom. The zero-order chi connectivity index (χ0) is 12.3. The van der Waals surface area contributed by atoms with Crippen LogP contribution in [-0.4, -0.2) is 27.0 Å². The van der Waals surface area contributed by atoms with Gasteiger partial charge in [0.05, 0.1) is 4.88 Å². The summed E-state index contributed by atoms with van der Waals surface area (Å²) < 4.78 is 0. The summed E-state index contributed by atoms with van der Waals surface area (Å²) in [6, 6.07) is 4.46. The minimum atomic E-state index is -1.05. The van der Waals surface area contributed by atoms with Crippen molar-refractivity contribution in [3.8, 4) is 0 Å². The first kappa shape index (κ1) is 11.2. The Kier molecular flexibility index (Phi) is 3.10. The van der Waals surface area contributed by atoms with Crippen LogP contribution in [0.1, 0.15) is 19.3 Å². The standard InChI is InChI=1S/C10H7N3O3S/c14-8(13-10-11-4-1-5-12-10)6-2-3-7(17-6)9(15)16/h1-5H,(H,15,16)(H,11,12,13,14). The van der Waals surface area contributed by atoms with Crippen molar-refractivity contribution in [2.24, 2.45) is 0 Å². The highest BCUT2D eigenvalue weighted by Gasteiger charge is 2.13. The van der Waals surface area contributed by atoms with E-state index in [4.69, 9.17) is 5.11 Å². The molecule has 2 N–H and O–H groups in total. The fourth-order valence-corrected chi connectivity index (χ4v) is 1.84. The Labute approximate surface area is 100.0 Å². The van der Waals surface area contributed by atoms with E-state index >= 15 is 0 Å². The molecule has 6 nitrogen and oxygen atoms in total. The highest BCUT2D eigenvalue weighted by atomic mass is 32.1. The van der Waals surface area contributed by atoms with Crippen LogP contribution in [0.4, 0.5) is 5.95 Å². The van der Waals surface area contributed by atoms with Crippen LogP contribution < -0.4 is 5.32 Å².